The van der Waals surface area contributed by atoms with Crippen molar-refractivity contribution in [1.29, 1.82) is 0 Å². The van der Waals surface area contributed by atoms with Crippen molar-refractivity contribution in [2.75, 3.05) is 23.3 Å². The van der Waals surface area contributed by atoms with E-state index in [0.717, 1.165) is 5.69 Å². The molecule has 8 heteroatoms. The van der Waals surface area contributed by atoms with Gasteiger partial charge in [-0.05, 0) is 61.0 Å². The van der Waals surface area contributed by atoms with E-state index in [0.29, 0.717) is 45.8 Å². The number of benzene rings is 3. The smallest absolute Gasteiger partial charge is 0.326 e. The minimum Gasteiger partial charge on any atom is -0.352 e. The lowest BCUT2D eigenvalue weighted by Crippen LogP contribution is -2.37. The average Bonchev–Trinajstić information content (AvgIpc) is 2.75. The van der Waals surface area contributed by atoms with Crippen LogP contribution in [0.5, 0.6) is 0 Å². The molecule has 0 bridgehead atoms. The minimum absolute atomic E-state index is 0.277. The highest BCUT2D eigenvalue weighted by Crippen LogP contribution is 2.21. The van der Waals surface area contributed by atoms with Crippen molar-refractivity contribution >= 4 is 58.1 Å². The molecule has 3 rings (SSSR count). The molecule has 0 saturated carbocycles. The van der Waals surface area contributed by atoms with Gasteiger partial charge >= 0.3 is 6.03 Å². The van der Waals surface area contributed by atoms with Gasteiger partial charge in [0.05, 0.1) is 10.6 Å². The number of nitrogens with zero attached hydrogens (tertiary/aromatic N) is 1. The molecule has 0 spiro atoms. The van der Waals surface area contributed by atoms with E-state index >= 15 is 0 Å². The fourth-order valence-corrected chi connectivity index (χ4v) is 3.51. The monoisotopic (exact) mass is 475 g/mol. The van der Waals surface area contributed by atoms with Gasteiger partial charge in [0.1, 0.15) is 0 Å². The summed E-state index contributed by atoms with van der Waals surface area (Å²) in [6.07, 6.45) is 0.542. The van der Waals surface area contributed by atoms with E-state index in [4.69, 9.17) is 34.8 Å². The van der Waals surface area contributed by atoms with Crippen molar-refractivity contribution in [2.45, 2.75) is 6.42 Å². The number of carbonyl (C=O) groups excluding carboxylic acids is 2. The van der Waals surface area contributed by atoms with Gasteiger partial charge in [-0.25, -0.2) is 4.79 Å². The van der Waals surface area contributed by atoms with Gasteiger partial charge in [-0.3, -0.25) is 9.69 Å². The third-order valence-electron chi connectivity index (χ3n) is 4.43. The molecule has 0 aromatic heterocycles. The Labute approximate surface area is 195 Å². The molecular weight excluding hydrogens is 457 g/mol. The molecule has 0 heterocycles. The fourth-order valence-electron chi connectivity index (χ4n) is 2.89. The normalized spacial score (nSPS) is 10.4. The number of urea groups is 1. The molecule has 0 saturated heterocycles. The van der Waals surface area contributed by atoms with Crippen LogP contribution >= 0.6 is 34.8 Å². The third kappa shape index (κ3) is 6.62. The standard InChI is InChI=1S/C23H20Cl3N3O2/c24-16-7-10-18(11-8-16)28-23(31)29(19-5-2-1-3-6-19)14-4-13-27-22(30)20-12-9-17(25)15-21(20)26/h1-3,5-12,15H,4,13-14H2,(H,27,30)(H,28,31). The van der Waals surface area contributed by atoms with Crippen LogP contribution < -0.4 is 15.5 Å². The Kier molecular flexibility index (Phi) is 8.18. The maximum absolute atomic E-state index is 12.9. The first-order chi connectivity index (χ1) is 14.9. The van der Waals surface area contributed by atoms with Crippen LogP contribution in [0.1, 0.15) is 16.8 Å². The quantitative estimate of drug-likeness (QED) is 0.382. The van der Waals surface area contributed by atoms with Crippen LogP contribution in [0, 0.1) is 0 Å². The van der Waals surface area contributed by atoms with Crippen LogP contribution in [0.3, 0.4) is 0 Å². The molecule has 0 unspecified atom stereocenters. The molecule has 0 fully saturated rings. The summed E-state index contributed by atoms with van der Waals surface area (Å²) in [5.74, 6) is -0.293. The summed E-state index contributed by atoms with van der Waals surface area (Å²) in [5.41, 5.74) is 1.74. The number of hydrogen-bond donors (Lipinski definition) is 2. The number of rotatable bonds is 7. The van der Waals surface area contributed by atoms with Crippen LogP contribution in [-0.2, 0) is 0 Å². The Morgan fingerprint density at radius 3 is 2.19 bits per heavy atom. The number of halogens is 3. The van der Waals surface area contributed by atoms with Gasteiger partial charge in [0.25, 0.3) is 5.91 Å². The molecule has 0 aliphatic carbocycles. The highest BCUT2D eigenvalue weighted by molar-refractivity contribution is 6.36. The number of carbonyl (C=O) groups is 2. The third-order valence-corrected chi connectivity index (χ3v) is 5.23. The van der Waals surface area contributed by atoms with E-state index in [-0.39, 0.29) is 11.9 Å². The Bertz CT molecular complexity index is 1040. The van der Waals surface area contributed by atoms with Gasteiger partial charge in [0.2, 0.25) is 0 Å². The molecule has 3 amide bonds. The van der Waals surface area contributed by atoms with E-state index in [2.05, 4.69) is 10.6 Å². The number of nitrogens with one attached hydrogen (secondary N) is 2. The second kappa shape index (κ2) is 11.0. The molecule has 0 radical (unpaired) electrons. The van der Waals surface area contributed by atoms with Gasteiger partial charge in [0.15, 0.2) is 0 Å². The highest BCUT2D eigenvalue weighted by atomic mass is 35.5. The van der Waals surface area contributed by atoms with E-state index in [1.165, 1.54) is 6.07 Å². The average molecular weight is 477 g/mol. The zero-order valence-corrected chi connectivity index (χ0v) is 18.7. The number of para-hydroxylation sites is 1. The van der Waals surface area contributed by atoms with Gasteiger partial charge < -0.3 is 10.6 Å². The van der Waals surface area contributed by atoms with Gasteiger partial charge in [-0.1, -0.05) is 53.0 Å². The molecule has 5 nitrogen and oxygen atoms in total. The Morgan fingerprint density at radius 1 is 0.839 bits per heavy atom. The Hall–Kier alpha value is -2.73. The molecular formula is C23H20Cl3N3O2. The lowest BCUT2D eigenvalue weighted by molar-refractivity contribution is 0.0953. The zero-order valence-electron chi connectivity index (χ0n) is 16.4. The topological polar surface area (TPSA) is 61.4 Å². The van der Waals surface area contributed by atoms with Crippen LogP contribution in [0.2, 0.25) is 15.1 Å². The molecule has 31 heavy (non-hydrogen) atoms. The molecule has 0 atom stereocenters. The van der Waals surface area contributed by atoms with Crippen molar-refractivity contribution in [3.8, 4) is 0 Å². The van der Waals surface area contributed by atoms with E-state index < -0.39 is 0 Å². The predicted octanol–water partition coefficient (Wildman–Crippen LogP) is 6.51. The van der Waals surface area contributed by atoms with Crippen molar-refractivity contribution in [3.05, 3.63) is 93.4 Å². The fraction of sp³-hybridized carbons (Fsp3) is 0.130. The summed E-state index contributed by atoms with van der Waals surface area (Å²) in [5, 5.41) is 7.04. The number of amides is 3. The van der Waals surface area contributed by atoms with E-state index in [9.17, 15) is 9.59 Å². The SMILES string of the molecule is O=C(NCCCN(C(=O)Nc1ccc(Cl)cc1)c1ccccc1)c1ccc(Cl)cc1Cl. The molecule has 0 aliphatic heterocycles. The van der Waals surface area contributed by atoms with Crippen LogP contribution in [0.25, 0.3) is 0 Å². The summed E-state index contributed by atoms with van der Waals surface area (Å²) in [6.45, 7) is 0.771. The maximum Gasteiger partial charge on any atom is 0.326 e. The van der Waals surface area contributed by atoms with Crippen molar-refractivity contribution in [3.63, 3.8) is 0 Å². The largest absolute Gasteiger partial charge is 0.352 e. The van der Waals surface area contributed by atoms with Crippen molar-refractivity contribution in [1.82, 2.24) is 5.32 Å². The summed E-state index contributed by atoms with van der Waals surface area (Å²) in [4.78, 5) is 26.9. The summed E-state index contributed by atoms with van der Waals surface area (Å²) < 4.78 is 0. The molecule has 0 aliphatic rings. The lowest BCUT2D eigenvalue weighted by atomic mass is 10.2. The van der Waals surface area contributed by atoms with Crippen LogP contribution in [0.15, 0.2) is 72.8 Å². The summed E-state index contributed by atoms with van der Waals surface area (Å²) >= 11 is 17.9. The predicted molar refractivity (Wildman–Crippen MR) is 128 cm³/mol. The van der Waals surface area contributed by atoms with Gasteiger partial charge in [-0.2, -0.15) is 0 Å². The first kappa shape index (κ1) is 22.9. The van der Waals surface area contributed by atoms with Crippen LogP contribution in [0.4, 0.5) is 16.2 Å². The van der Waals surface area contributed by atoms with Crippen LogP contribution in [-0.4, -0.2) is 25.0 Å². The Balaban J connectivity index is 1.60. The molecule has 2 N–H and O–H groups in total. The first-order valence-electron chi connectivity index (χ1n) is 9.56. The summed E-state index contributed by atoms with van der Waals surface area (Å²) in [6, 6.07) is 20.6. The number of anilines is 2. The molecule has 3 aromatic rings. The number of hydrogen-bond acceptors (Lipinski definition) is 2. The summed E-state index contributed by atoms with van der Waals surface area (Å²) in [7, 11) is 0. The molecule has 3 aromatic carbocycles. The second-order valence-electron chi connectivity index (χ2n) is 6.66. The van der Waals surface area contributed by atoms with Crippen molar-refractivity contribution < 1.29 is 9.59 Å². The molecule has 160 valence electrons. The minimum atomic E-state index is -0.293. The first-order valence-corrected chi connectivity index (χ1v) is 10.7. The lowest BCUT2D eigenvalue weighted by Gasteiger charge is -2.23. The van der Waals surface area contributed by atoms with Crippen molar-refractivity contribution in [2.24, 2.45) is 0 Å². The van der Waals surface area contributed by atoms with E-state index in [1.807, 2.05) is 30.3 Å². The van der Waals surface area contributed by atoms with Gasteiger partial charge in [-0.15, -0.1) is 0 Å². The Morgan fingerprint density at radius 2 is 1.52 bits per heavy atom. The highest BCUT2D eigenvalue weighted by Gasteiger charge is 2.16. The maximum atomic E-state index is 12.9. The zero-order chi connectivity index (χ0) is 22.2. The van der Waals surface area contributed by atoms with Gasteiger partial charge in [0, 0.05) is 34.5 Å². The second-order valence-corrected chi connectivity index (χ2v) is 7.94. The van der Waals surface area contributed by atoms with E-state index in [1.54, 1.807) is 41.3 Å².